The van der Waals surface area contributed by atoms with Crippen molar-refractivity contribution in [1.82, 2.24) is 0 Å². The monoisotopic (exact) mass is 339 g/mol. The van der Waals surface area contributed by atoms with Gasteiger partial charge in [0.2, 0.25) is 0 Å². The summed E-state index contributed by atoms with van der Waals surface area (Å²) in [5.41, 5.74) is 4.41. The molecule has 0 saturated carbocycles. The van der Waals surface area contributed by atoms with Gasteiger partial charge in [0.25, 0.3) is 0 Å². The van der Waals surface area contributed by atoms with E-state index in [9.17, 15) is 4.79 Å². The first-order chi connectivity index (χ1) is 11.7. The van der Waals surface area contributed by atoms with Crippen molar-refractivity contribution in [2.75, 3.05) is 7.11 Å². The normalized spacial score (nSPS) is 18.1. The predicted octanol–water partition coefficient (Wildman–Crippen LogP) is 5.17. The Hall–Kier alpha value is -2.36. The third kappa shape index (κ3) is 3.39. The lowest BCUT2D eigenvalue weighted by atomic mass is 9.63. The lowest BCUT2D eigenvalue weighted by Crippen LogP contribution is -2.33. The van der Waals surface area contributed by atoms with Gasteiger partial charge in [-0.2, -0.15) is 0 Å². The predicted molar refractivity (Wildman–Crippen MR) is 99.0 cm³/mol. The summed E-state index contributed by atoms with van der Waals surface area (Å²) in [6.07, 6.45) is 5.37. The van der Waals surface area contributed by atoms with Crippen molar-refractivity contribution in [3.8, 4) is 0 Å². The second kappa shape index (κ2) is 6.17. The number of nitrogens with zero attached hydrogens (tertiary/aromatic N) is 1. The smallest absolute Gasteiger partial charge is 0.341 e. The van der Waals surface area contributed by atoms with Gasteiger partial charge < -0.3 is 9.15 Å². The highest BCUT2D eigenvalue weighted by Gasteiger charge is 2.36. The Balaban J connectivity index is 1.89. The van der Waals surface area contributed by atoms with Gasteiger partial charge in [0.05, 0.1) is 24.6 Å². The number of carbonyl (C=O) groups is 1. The fourth-order valence-electron chi connectivity index (χ4n) is 3.44. The Morgan fingerprint density at radius 1 is 1.12 bits per heavy atom. The van der Waals surface area contributed by atoms with Crippen LogP contribution in [0.25, 0.3) is 0 Å². The molecule has 1 aromatic heterocycles. The summed E-state index contributed by atoms with van der Waals surface area (Å²) in [7, 11) is 1.35. The van der Waals surface area contributed by atoms with Crippen LogP contribution >= 0.6 is 0 Å². The molecule has 4 heteroatoms. The zero-order chi connectivity index (χ0) is 18.2. The minimum atomic E-state index is -0.416. The number of aliphatic imine (C=N–C) groups is 1. The van der Waals surface area contributed by atoms with Gasteiger partial charge in [-0.15, -0.1) is 0 Å². The summed E-state index contributed by atoms with van der Waals surface area (Å²) in [6.45, 7) is 9.20. The van der Waals surface area contributed by atoms with Crippen LogP contribution in [-0.2, 0) is 15.6 Å². The highest BCUT2D eigenvalue weighted by atomic mass is 16.5. The standard InChI is InChI=1S/C21H25NO3/c1-20(2)8-9-21(3,4)18-11-15(6-7-17(18)20)22-12-16-10-14(13-25-16)19(23)24-5/h6-7,10-13H,8-9H2,1-5H3. The maximum absolute atomic E-state index is 11.5. The van der Waals surface area contributed by atoms with E-state index in [2.05, 4.69) is 49.6 Å². The molecular weight excluding hydrogens is 314 g/mol. The summed E-state index contributed by atoms with van der Waals surface area (Å²) < 4.78 is 10.0. The van der Waals surface area contributed by atoms with Crippen LogP contribution in [0.1, 0.15) is 67.8 Å². The van der Waals surface area contributed by atoms with E-state index >= 15 is 0 Å². The molecule has 0 saturated heterocycles. The lowest BCUT2D eigenvalue weighted by Gasteiger charge is -2.41. The molecule has 0 bridgehead atoms. The molecule has 2 aromatic rings. The quantitative estimate of drug-likeness (QED) is 0.573. The van der Waals surface area contributed by atoms with Gasteiger partial charge in [-0.3, -0.25) is 4.99 Å². The molecule has 0 unspecified atom stereocenters. The third-order valence-electron chi connectivity index (χ3n) is 5.22. The number of rotatable bonds is 3. The Morgan fingerprint density at radius 3 is 2.48 bits per heavy atom. The fourth-order valence-corrected chi connectivity index (χ4v) is 3.44. The number of carbonyl (C=O) groups excluding carboxylic acids is 1. The Kier molecular flexibility index (Phi) is 4.31. The summed E-state index contributed by atoms with van der Waals surface area (Å²) >= 11 is 0. The van der Waals surface area contributed by atoms with E-state index < -0.39 is 5.97 Å². The van der Waals surface area contributed by atoms with E-state index in [4.69, 9.17) is 4.42 Å². The summed E-state index contributed by atoms with van der Waals surface area (Å²) in [5, 5.41) is 0. The Bertz CT molecular complexity index is 827. The van der Waals surface area contributed by atoms with Crippen molar-refractivity contribution in [2.45, 2.75) is 51.4 Å². The number of furan rings is 1. The van der Waals surface area contributed by atoms with Crippen LogP contribution in [-0.4, -0.2) is 19.3 Å². The van der Waals surface area contributed by atoms with Gasteiger partial charge >= 0.3 is 5.97 Å². The third-order valence-corrected chi connectivity index (χ3v) is 5.22. The van der Waals surface area contributed by atoms with Crippen molar-refractivity contribution in [3.05, 3.63) is 53.0 Å². The van der Waals surface area contributed by atoms with Gasteiger partial charge in [-0.05, 0) is 53.0 Å². The van der Waals surface area contributed by atoms with E-state index in [-0.39, 0.29) is 10.8 Å². The molecule has 0 N–H and O–H groups in total. The van der Waals surface area contributed by atoms with Gasteiger partial charge in [0, 0.05) is 0 Å². The van der Waals surface area contributed by atoms with Crippen LogP contribution in [0.5, 0.6) is 0 Å². The van der Waals surface area contributed by atoms with Gasteiger partial charge in [-0.25, -0.2) is 4.79 Å². The molecule has 132 valence electrons. The van der Waals surface area contributed by atoms with E-state index in [1.165, 1.54) is 37.3 Å². The average molecular weight is 339 g/mol. The lowest BCUT2D eigenvalue weighted by molar-refractivity contribution is 0.0600. The molecule has 25 heavy (non-hydrogen) atoms. The van der Waals surface area contributed by atoms with Crippen molar-refractivity contribution in [3.63, 3.8) is 0 Å². The first-order valence-corrected chi connectivity index (χ1v) is 8.59. The van der Waals surface area contributed by atoms with Crippen molar-refractivity contribution in [1.29, 1.82) is 0 Å². The maximum atomic E-state index is 11.5. The Labute approximate surface area is 148 Å². The second-order valence-electron chi connectivity index (χ2n) is 7.99. The number of ether oxygens (including phenoxy) is 1. The molecule has 0 aliphatic heterocycles. The molecule has 0 radical (unpaired) electrons. The van der Waals surface area contributed by atoms with Crippen LogP contribution < -0.4 is 0 Å². The van der Waals surface area contributed by atoms with E-state index in [1.807, 2.05) is 6.07 Å². The van der Waals surface area contributed by atoms with Crippen LogP contribution in [0.4, 0.5) is 5.69 Å². The molecule has 4 nitrogen and oxygen atoms in total. The molecule has 0 amide bonds. The molecule has 1 aliphatic rings. The summed E-state index contributed by atoms with van der Waals surface area (Å²) in [5.74, 6) is 0.110. The zero-order valence-electron chi connectivity index (χ0n) is 15.6. The molecule has 3 rings (SSSR count). The van der Waals surface area contributed by atoms with Gasteiger partial charge in [0.1, 0.15) is 12.0 Å². The number of hydrogen-bond donors (Lipinski definition) is 0. The fraction of sp³-hybridized carbons (Fsp3) is 0.429. The zero-order valence-corrected chi connectivity index (χ0v) is 15.6. The molecule has 0 fully saturated rings. The topological polar surface area (TPSA) is 51.8 Å². The summed E-state index contributed by atoms with van der Waals surface area (Å²) in [4.78, 5) is 16.0. The summed E-state index contributed by atoms with van der Waals surface area (Å²) in [6, 6.07) is 8.05. The maximum Gasteiger partial charge on any atom is 0.341 e. The highest BCUT2D eigenvalue weighted by Crippen LogP contribution is 2.46. The van der Waals surface area contributed by atoms with Gasteiger partial charge in [0.15, 0.2) is 0 Å². The van der Waals surface area contributed by atoms with Crippen molar-refractivity contribution in [2.24, 2.45) is 4.99 Å². The molecule has 1 heterocycles. The number of fused-ring (bicyclic) bond motifs is 1. The van der Waals surface area contributed by atoms with Crippen LogP contribution in [0.15, 0.2) is 39.9 Å². The minimum Gasteiger partial charge on any atom is -0.465 e. The number of esters is 1. The molecule has 0 spiro atoms. The Morgan fingerprint density at radius 2 is 1.80 bits per heavy atom. The van der Waals surface area contributed by atoms with Crippen molar-refractivity contribution >= 4 is 17.9 Å². The number of methoxy groups -OCH3 is 1. The van der Waals surface area contributed by atoms with Gasteiger partial charge in [-0.1, -0.05) is 33.8 Å². The van der Waals surface area contributed by atoms with Crippen LogP contribution in [0.2, 0.25) is 0 Å². The SMILES string of the molecule is COC(=O)c1coc(C=Nc2ccc3c(c2)C(C)(C)CCC3(C)C)c1. The van der Waals surface area contributed by atoms with E-state index in [1.54, 1.807) is 12.3 Å². The highest BCUT2D eigenvalue weighted by molar-refractivity contribution is 5.91. The number of benzene rings is 1. The van der Waals surface area contributed by atoms with Crippen LogP contribution in [0.3, 0.4) is 0 Å². The molecular formula is C21H25NO3. The molecule has 1 aliphatic carbocycles. The number of hydrogen-bond acceptors (Lipinski definition) is 4. The minimum absolute atomic E-state index is 0.152. The molecule has 0 atom stereocenters. The first kappa shape index (κ1) is 17.5. The largest absolute Gasteiger partial charge is 0.465 e. The first-order valence-electron chi connectivity index (χ1n) is 8.59. The van der Waals surface area contributed by atoms with Crippen molar-refractivity contribution < 1.29 is 13.9 Å². The van der Waals surface area contributed by atoms with E-state index in [0.717, 1.165) is 5.69 Å². The van der Waals surface area contributed by atoms with E-state index in [0.29, 0.717) is 11.3 Å². The average Bonchev–Trinajstić information content (AvgIpc) is 3.05. The molecule has 1 aromatic carbocycles. The second-order valence-corrected chi connectivity index (χ2v) is 7.99. The van der Waals surface area contributed by atoms with Crippen LogP contribution in [0, 0.1) is 0 Å².